The number of likely N-dealkylation sites (tertiary alicyclic amines) is 1. The summed E-state index contributed by atoms with van der Waals surface area (Å²) < 4.78 is 18.5. The van der Waals surface area contributed by atoms with E-state index in [-0.39, 0.29) is 11.7 Å². The van der Waals surface area contributed by atoms with Crippen molar-refractivity contribution in [1.82, 2.24) is 4.90 Å². The number of likely N-dealkylation sites (N-methyl/N-ethyl adjacent to an activating group) is 1. The molecular formula is C11H12FNO2. The van der Waals surface area contributed by atoms with Gasteiger partial charge >= 0.3 is 0 Å². The summed E-state index contributed by atoms with van der Waals surface area (Å²) in [6.45, 7) is 0.665. The summed E-state index contributed by atoms with van der Waals surface area (Å²) in [6, 6.07) is 6.12. The van der Waals surface area contributed by atoms with Gasteiger partial charge in [0, 0.05) is 20.0 Å². The van der Waals surface area contributed by atoms with E-state index in [9.17, 15) is 9.18 Å². The zero-order valence-electron chi connectivity index (χ0n) is 8.44. The number of para-hydroxylation sites is 1. The van der Waals surface area contributed by atoms with Crippen LogP contribution in [0.3, 0.4) is 0 Å². The van der Waals surface area contributed by atoms with E-state index in [0.717, 1.165) is 0 Å². The highest BCUT2D eigenvalue weighted by Crippen LogP contribution is 2.21. The van der Waals surface area contributed by atoms with Crippen molar-refractivity contribution in [2.75, 3.05) is 13.6 Å². The zero-order valence-corrected chi connectivity index (χ0v) is 8.44. The molecule has 3 nitrogen and oxygen atoms in total. The van der Waals surface area contributed by atoms with Gasteiger partial charge in [0.2, 0.25) is 0 Å². The van der Waals surface area contributed by atoms with Crippen LogP contribution in [0.1, 0.15) is 6.42 Å². The second-order valence-corrected chi connectivity index (χ2v) is 3.59. The number of carbonyl (C=O) groups is 1. The van der Waals surface area contributed by atoms with Gasteiger partial charge in [0.15, 0.2) is 17.7 Å². The summed E-state index contributed by atoms with van der Waals surface area (Å²) in [5.41, 5.74) is 0. The van der Waals surface area contributed by atoms with Crippen LogP contribution in [0.4, 0.5) is 4.39 Å². The number of hydrogen-bond acceptors (Lipinski definition) is 2. The molecule has 1 unspecified atom stereocenters. The van der Waals surface area contributed by atoms with E-state index < -0.39 is 11.9 Å². The molecule has 1 amide bonds. The third-order valence-electron chi connectivity index (χ3n) is 2.48. The van der Waals surface area contributed by atoms with Gasteiger partial charge in [-0.15, -0.1) is 0 Å². The highest BCUT2D eigenvalue weighted by molar-refractivity contribution is 5.83. The van der Waals surface area contributed by atoms with E-state index in [1.807, 2.05) is 0 Å². The molecule has 1 aliphatic heterocycles. The molecule has 0 aromatic heterocycles. The van der Waals surface area contributed by atoms with E-state index in [4.69, 9.17) is 4.74 Å². The molecule has 0 radical (unpaired) electrons. The Morgan fingerprint density at radius 2 is 2.20 bits per heavy atom. The zero-order chi connectivity index (χ0) is 10.8. The SMILES string of the molecule is CN1CCC(Oc2ccccc2F)C1=O. The van der Waals surface area contributed by atoms with Crippen molar-refractivity contribution < 1.29 is 13.9 Å². The Bertz CT molecular complexity index is 381. The molecule has 1 aromatic rings. The molecule has 0 N–H and O–H groups in total. The molecule has 0 bridgehead atoms. The first-order valence-corrected chi connectivity index (χ1v) is 4.84. The first-order chi connectivity index (χ1) is 7.18. The fraction of sp³-hybridized carbons (Fsp3) is 0.364. The number of amides is 1. The number of ether oxygens (including phenoxy) is 1. The van der Waals surface area contributed by atoms with E-state index in [1.165, 1.54) is 12.1 Å². The first kappa shape index (κ1) is 9.96. The Morgan fingerprint density at radius 3 is 2.80 bits per heavy atom. The average Bonchev–Trinajstić information content (AvgIpc) is 2.53. The van der Waals surface area contributed by atoms with Crippen LogP contribution in [-0.2, 0) is 4.79 Å². The number of rotatable bonds is 2. The van der Waals surface area contributed by atoms with Gasteiger partial charge in [-0.3, -0.25) is 4.79 Å². The van der Waals surface area contributed by atoms with Gasteiger partial charge in [0.05, 0.1) is 0 Å². The van der Waals surface area contributed by atoms with Crippen LogP contribution in [-0.4, -0.2) is 30.5 Å². The van der Waals surface area contributed by atoms with Crippen molar-refractivity contribution in [2.24, 2.45) is 0 Å². The Labute approximate surface area is 87.5 Å². The van der Waals surface area contributed by atoms with Crippen molar-refractivity contribution in [3.05, 3.63) is 30.1 Å². The standard InChI is InChI=1S/C11H12FNO2/c1-13-7-6-10(11(13)14)15-9-5-3-2-4-8(9)12/h2-5,10H,6-7H2,1H3. The smallest absolute Gasteiger partial charge is 0.263 e. The lowest BCUT2D eigenvalue weighted by Crippen LogP contribution is -2.29. The maximum Gasteiger partial charge on any atom is 0.263 e. The van der Waals surface area contributed by atoms with Crippen molar-refractivity contribution in [3.8, 4) is 5.75 Å². The van der Waals surface area contributed by atoms with Crippen LogP contribution < -0.4 is 4.74 Å². The first-order valence-electron chi connectivity index (χ1n) is 4.84. The summed E-state index contributed by atoms with van der Waals surface area (Å²) in [6.07, 6.45) is 0.0795. The highest BCUT2D eigenvalue weighted by Gasteiger charge is 2.31. The third kappa shape index (κ3) is 1.93. The maximum atomic E-state index is 13.2. The van der Waals surface area contributed by atoms with E-state index in [1.54, 1.807) is 24.1 Å². The van der Waals surface area contributed by atoms with Crippen LogP contribution in [0.2, 0.25) is 0 Å². The summed E-state index contributed by atoms with van der Waals surface area (Å²) in [7, 11) is 1.72. The van der Waals surface area contributed by atoms with Crippen molar-refractivity contribution in [3.63, 3.8) is 0 Å². The molecule has 2 rings (SSSR count). The predicted octanol–water partition coefficient (Wildman–Crippen LogP) is 1.44. The van der Waals surface area contributed by atoms with Crippen LogP contribution in [0.25, 0.3) is 0 Å². The van der Waals surface area contributed by atoms with Crippen LogP contribution in [0.5, 0.6) is 5.75 Å². The molecule has 1 saturated heterocycles. The lowest BCUT2D eigenvalue weighted by molar-refractivity contribution is -0.132. The van der Waals surface area contributed by atoms with Crippen molar-refractivity contribution >= 4 is 5.91 Å². The van der Waals surface area contributed by atoms with Gasteiger partial charge in [-0.1, -0.05) is 12.1 Å². The Balaban J connectivity index is 2.10. The van der Waals surface area contributed by atoms with Crippen LogP contribution >= 0.6 is 0 Å². The molecule has 0 aliphatic carbocycles. The number of halogens is 1. The lowest BCUT2D eigenvalue weighted by Gasteiger charge is -2.13. The second kappa shape index (κ2) is 3.88. The minimum atomic E-state index is -0.535. The summed E-state index contributed by atoms with van der Waals surface area (Å²) in [5, 5.41) is 0. The Kier molecular flexibility index (Phi) is 2.58. The fourth-order valence-corrected chi connectivity index (χ4v) is 1.59. The molecule has 80 valence electrons. The summed E-state index contributed by atoms with van der Waals surface area (Å²) in [4.78, 5) is 13.1. The number of hydrogen-bond donors (Lipinski definition) is 0. The van der Waals surface area contributed by atoms with Gasteiger partial charge in [-0.2, -0.15) is 0 Å². The fourth-order valence-electron chi connectivity index (χ4n) is 1.59. The summed E-state index contributed by atoms with van der Waals surface area (Å²) in [5.74, 6) is -0.371. The Morgan fingerprint density at radius 1 is 1.47 bits per heavy atom. The number of nitrogens with zero attached hydrogens (tertiary/aromatic N) is 1. The molecule has 1 heterocycles. The molecule has 0 spiro atoms. The number of benzene rings is 1. The molecule has 1 aliphatic rings. The molecular weight excluding hydrogens is 197 g/mol. The molecule has 0 saturated carbocycles. The van der Waals surface area contributed by atoms with Gasteiger partial charge in [0.25, 0.3) is 5.91 Å². The predicted molar refractivity (Wildman–Crippen MR) is 53.1 cm³/mol. The monoisotopic (exact) mass is 209 g/mol. The van der Waals surface area contributed by atoms with Gasteiger partial charge in [-0.25, -0.2) is 4.39 Å². The van der Waals surface area contributed by atoms with E-state index in [0.29, 0.717) is 13.0 Å². The van der Waals surface area contributed by atoms with Crippen molar-refractivity contribution in [2.45, 2.75) is 12.5 Å². The van der Waals surface area contributed by atoms with E-state index in [2.05, 4.69) is 0 Å². The van der Waals surface area contributed by atoms with Crippen LogP contribution in [0.15, 0.2) is 24.3 Å². The molecule has 15 heavy (non-hydrogen) atoms. The second-order valence-electron chi connectivity index (χ2n) is 3.59. The molecule has 1 atom stereocenters. The number of carbonyl (C=O) groups excluding carboxylic acids is 1. The minimum absolute atomic E-state index is 0.0850. The van der Waals surface area contributed by atoms with Gasteiger partial charge in [0.1, 0.15) is 0 Å². The van der Waals surface area contributed by atoms with Crippen LogP contribution in [0, 0.1) is 5.82 Å². The topological polar surface area (TPSA) is 29.5 Å². The average molecular weight is 209 g/mol. The Hall–Kier alpha value is -1.58. The van der Waals surface area contributed by atoms with E-state index >= 15 is 0 Å². The normalized spacial score (nSPS) is 20.8. The quantitative estimate of drug-likeness (QED) is 0.737. The maximum absolute atomic E-state index is 13.2. The molecule has 4 heteroatoms. The van der Waals surface area contributed by atoms with Gasteiger partial charge < -0.3 is 9.64 Å². The largest absolute Gasteiger partial charge is 0.477 e. The lowest BCUT2D eigenvalue weighted by atomic mass is 10.3. The summed E-state index contributed by atoms with van der Waals surface area (Å²) >= 11 is 0. The molecule has 1 fully saturated rings. The van der Waals surface area contributed by atoms with Crippen molar-refractivity contribution in [1.29, 1.82) is 0 Å². The minimum Gasteiger partial charge on any atom is -0.477 e. The third-order valence-corrected chi connectivity index (χ3v) is 2.48. The van der Waals surface area contributed by atoms with Gasteiger partial charge in [-0.05, 0) is 12.1 Å². The highest BCUT2D eigenvalue weighted by atomic mass is 19.1. The molecule has 1 aromatic carbocycles.